The van der Waals surface area contributed by atoms with Crippen molar-refractivity contribution in [3.05, 3.63) is 89.5 Å². The molecule has 0 aliphatic heterocycles. The minimum atomic E-state index is -4.55. The molecule has 29 heavy (non-hydrogen) atoms. The van der Waals surface area contributed by atoms with E-state index >= 15 is 0 Å². The third-order valence-corrected chi connectivity index (χ3v) is 4.22. The lowest BCUT2D eigenvalue weighted by Crippen LogP contribution is -2.26. The molecule has 0 bridgehead atoms. The Morgan fingerprint density at radius 1 is 0.690 bits per heavy atom. The molecule has 152 valence electrons. The first kappa shape index (κ1) is 20.6. The number of halogens is 6. The van der Waals surface area contributed by atoms with E-state index < -0.39 is 23.5 Å². The summed E-state index contributed by atoms with van der Waals surface area (Å²) in [6, 6.07) is 15.9. The number of para-hydroxylation sites is 1. The summed E-state index contributed by atoms with van der Waals surface area (Å²) in [6.07, 6.45) is -9.09. The van der Waals surface area contributed by atoms with E-state index in [0.29, 0.717) is 5.69 Å². The van der Waals surface area contributed by atoms with Crippen LogP contribution >= 0.6 is 0 Å². The number of nitrogens with zero attached hydrogens (tertiary/aromatic N) is 1. The summed E-state index contributed by atoms with van der Waals surface area (Å²) >= 11 is 0. The van der Waals surface area contributed by atoms with E-state index in [2.05, 4.69) is 5.43 Å². The zero-order valence-electron chi connectivity index (χ0n) is 15.1. The van der Waals surface area contributed by atoms with Crippen molar-refractivity contribution in [2.24, 2.45) is 0 Å². The van der Waals surface area contributed by atoms with Gasteiger partial charge in [0.25, 0.3) is 0 Å². The third-order valence-electron chi connectivity index (χ3n) is 4.22. The zero-order valence-corrected chi connectivity index (χ0v) is 15.1. The van der Waals surface area contributed by atoms with Crippen LogP contribution in [0.3, 0.4) is 0 Å². The van der Waals surface area contributed by atoms with Gasteiger partial charge < -0.3 is 0 Å². The summed E-state index contributed by atoms with van der Waals surface area (Å²) < 4.78 is 78.6. The number of hydrogen-bond donors (Lipinski definition) is 1. The van der Waals surface area contributed by atoms with Gasteiger partial charge in [-0.3, -0.25) is 10.4 Å². The van der Waals surface area contributed by atoms with Crippen molar-refractivity contribution in [2.75, 3.05) is 10.4 Å². The SMILES string of the molecule is Cc1ccccc1N(Nc1cccc(C(F)(F)F)c1)c1cccc(C(F)(F)F)c1. The maximum absolute atomic E-state index is 13.2. The average Bonchev–Trinajstić information content (AvgIpc) is 2.66. The Labute approximate surface area is 163 Å². The number of anilines is 3. The number of hydrazine groups is 1. The molecule has 0 aliphatic carbocycles. The molecule has 3 rings (SSSR count). The molecule has 0 saturated heterocycles. The van der Waals surface area contributed by atoms with Gasteiger partial charge in [-0.05, 0) is 55.0 Å². The van der Waals surface area contributed by atoms with Crippen LogP contribution in [0.4, 0.5) is 43.4 Å². The Bertz CT molecular complexity index is 995. The van der Waals surface area contributed by atoms with Gasteiger partial charge >= 0.3 is 12.4 Å². The highest BCUT2D eigenvalue weighted by Gasteiger charge is 2.32. The van der Waals surface area contributed by atoms with Gasteiger partial charge in [0.05, 0.1) is 28.2 Å². The molecule has 2 nitrogen and oxygen atoms in total. The topological polar surface area (TPSA) is 15.3 Å². The van der Waals surface area contributed by atoms with Crippen LogP contribution in [0.2, 0.25) is 0 Å². The molecule has 0 unspecified atom stereocenters. The lowest BCUT2D eigenvalue weighted by molar-refractivity contribution is -0.138. The number of alkyl halides is 6. The number of nitrogens with one attached hydrogen (secondary N) is 1. The average molecular weight is 410 g/mol. The summed E-state index contributed by atoms with van der Waals surface area (Å²) in [5, 5.41) is 1.33. The van der Waals surface area contributed by atoms with E-state index in [-0.39, 0.29) is 11.4 Å². The molecule has 0 aliphatic rings. The van der Waals surface area contributed by atoms with E-state index in [9.17, 15) is 26.3 Å². The highest BCUT2D eigenvalue weighted by Crippen LogP contribution is 2.36. The Kier molecular flexibility index (Phi) is 5.46. The standard InChI is InChI=1S/C21H16F6N2/c1-14-6-2-3-11-19(14)29(18-10-5-8-16(13-18)21(25,26)27)28-17-9-4-7-15(12-17)20(22,23)24/h2-13,28H,1H3. The fourth-order valence-corrected chi connectivity index (χ4v) is 2.79. The van der Waals surface area contributed by atoms with Crippen molar-refractivity contribution >= 4 is 17.1 Å². The number of benzene rings is 3. The molecule has 1 N–H and O–H groups in total. The molecule has 0 radical (unpaired) electrons. The molecule has 8 heteroatoms. The Morgan fingerprint density at radius 3 is 1.90 bits per heavy atom. The molecular formula is C21H16F6N2. The lowest BCUT2D eigenvalue weighted by atomic mass is 10.1. The Hall–Kier alpha value is -3.16. The van der Waals surface area contributed by atoms with E-state index in [0.717, 1.165) is 29.8 Å². The fraction of sp³-hybridized carbons (Fsp3) is 0.143. The van der Waals surface area contributed by atoms with Crippen LogP contribution in [-0.4, -0.2) is 0 Å². The minimum Gasteiger partial charge on any atom is -0.294 e. The second-order valence-corrected chi connectivity index (χ2v) is 6.36. The maximum atomic E-state index is 13.2. The predicted molar refractivity (Wildman–Crippen MR) is 99.8 cm³/mol. The predicted octanol–water partition coefficient (Wildman–Crippen LogP) is 7.20. The van der Waals surface area contributed by atoms with E-state index in [1.807, 2.05) is 0 Å². The molecule has 3 aromatic carbocycles. The Balaban J connectivity index is 2.08. The smallest absolute Gasteiger partial charge is 0.294 e. The molecular weight excluding hydrogens is 394 g/mol. The van der Waals surface area contributed by atoms with Crippen LogP contribution in [0.1, 0.15) is 16.7 Å². The van der Waals surface area contributed by atoms with Crippen molar-refractivity contribution in [1.29, 1.82) is 0 Å². The second kappa shape index (κ2) is 7.69. The number of aryl methyl sites for hydroxylation is 1. The first-order valence-corrected chi connectivity index (χ1v) is 8.52. The van der Waals surface area contributed by atoms with Gasteiger partial charge in [0.15, 0.2) is 0 Å². The number of rotatable bonds is 4. The fourth-order valence-electron chi connectivity index (χ4n) is 2.79. The zero-order chi connectivity index (χ0) is 21.2. The van der Waals surface area contributed by atoms with Gasteiger partial charge in [-0.2, -0.15) is 26.3 Å². The highest BCUT2D eigenvalue weighted by atomic mass is 19.4. The van der Waals surface area contributed by atoms with Gasteiger partial charge in [-0.15, -0.1) is 0 Å². The van der Waals surface area contributed by atoms with E-state index in [1.54, 1.807) is 31.2 Å². The first-order chi connectivity index (χ1) is 13.6. The molecule has 0 fully saturated rings. The quantitative estimate of drug-likeness (QED) is 0.361. The van der Waals surface area contributed by atoms with Gasteiger partial charge in [0, 0.05) is 0 Å². The second-order valence-electron chi connectivity index (χ2n) is 6.36. The lowest BCUT2D eigenvalue weighted by Gasteiger charge is -2.29. The third kappa shape index (κ3) is 4.82. The molecule has 0 amide bonds. The van der Waals surface area contributed by atoms with E-state index in [4.69, 9.17) is 0 Å². The maximum Gasteiger partial charge on any atom is 0.416 e. The first-order valence-electron chi connectivity index (χ1n) is 8.52. The van der Waals surface area contributed by atoms with Crippen molar-refractivity contribution in [3.63, 3.8) is 0 Å². The normalized spacial score (nSPS) is 12.0. The largest absolute Gasteiger partial charge is 0.416 e. The van der Waals surface area contributed by atoms with Crippen LogP contribution < -0.4 is 10.4 Å². The van der Waals surface area contributed by atoms with Crippen LogP contribution in [-0.2, 0) is 12.4 Å². The summed E-state index contributed by atoms with van der Waals surface area (Å²) in [7, 11) is 0. The van der Waals surface area contributed by atoms with Gasteiger partial charge in [0.2, 0.25) is 0 Å². The highest BCUT2D eigenvalue weighted by molar-refractivity contribution is 5.71. The van der Waals surface area contributed by atoms with Gasteiger partial charge in [-0.1, -0.05) is 30.3 Å². The molecule has 3 aromatic rings. The van der Waals surface area contributed by atoms with Crippen molar-refractivity contribution in [1.82, 2.24) is 0 Å². The molecule has 0 heterocycles. The molecule has 0 atom stereocenters. The van der Waals surface area contributed by atoms with Gasteiger partial charge in [-0.25, -0.2) is 0 Å². The Morgan fingerprint density at radius 2 is 1.28 bits per heavy atom. The monoisotopic (exact) mass is 410 g/mol. The molecule has 0 aromatic heterocycles. The van der Waals surface area contributed by atoms with Crippen LogP contribution in [0.25, 0.3) is 0 Å². The minimum absolute atomic E-state index is 0.0838. The molecule has 0 saturated carbocycles. The number of hydrogen-bond acceptors (Lipinski definition) is 2. The van der Waals surface area contributed by atoms with Crippen LogP contribution in [0.15, 0.2) is 72.8 Å². The van der Waals surface area contributed by atoms with E-state index in [1.165, 1.54) is 29.3 Å². The summed E-state index contributed by atoms with van der Waals surface area (Å²) in [6.45, 7) is 1.75. The van der Waals surface area contributed by atoms with Crippen molar-refractivity contribution < 1.29 is 26.3 Å². The molecule has 0 spiro atoms. The van der Waals surface area contributed by atoms with Crippen LogP contribution in [0.5, 0.6) is 0 Å². The summed E-state index contributed by atoms with van der Waals surface area (Å²) in [5.74, 6) is 0. The van der Waals surface area contributed by atoms with Gasteiger partial charge in [0.1, 0.15) is 0 Å². The van der Waals surface area contributed by atoms with Crippen molar-refractivity contribution in [2.45, 2.75) is 19.3 Å². The summed E-state index contributed by atoms with van der Waals surface area (Å²) in [5.41, 5.74) is 2.53. The summed E-state index contributed by atoms with van der Waals surface area (Å²) in [4.78, 5) is 0. The van der Waals surface area contributed by atoms with Crippen molar-refractivity contribution in [3.8, 4) is 0 Å². The van der Waals surface area contributed by atoms with Crippen LogP contribution in [0, 0.1) is 6.92 Å².